The molecule has 1 nitrogen and oxygen atoms in total. The van der Waals surface area contributed by atoms with Crippen LogP contribution in [0.2, 0.25) is 0 Å². The Hall–Kier alpha value is -1.88. The van der Waals surface area contributed by atoms with Crippen molar-refractivity contribution in [1.29, 1.82) is 0 Å². The molecule has 0 saturated heterocycles. The smallest absolute Gasteiger partial charge is 0.159 e. The van der Waals surface area contributed by atoms with Crippen LogP contribution in [0.4, 0.5) is 17.6 Å². The van der Waals surface area contributed by atoms with Crippen molar-refractivity contribution >= 4 is 0 Å². The molecule has 0 heterocycles. The zero-order valence-corrected chi connectivity index (χ0v) is 28.0. The molecule has 2 aliphatic rings. The summed E-state index contributed by atoms with van der Waals surface area (Å²) < 4.78 is 64.3. The van der Waals surface area contributed by atoms with E-state index in [1.807, 2.05) is 0 Å². The third-order valence-electron chi connectivity index (χ3n) is 10.9. The second-order valence-corrected chi connectivity index (χ2v) is 14.3. The maximum absolute atomic E-state index is 14.6. The number of rotatable bonds is 18. The van der Waals surface area contributed by atoms with Crippen molar-refractivity contribution in [2.45, 2.75) is 154 Å². The Morgan fingerprint density at radius 3 is 1.24 bits per heavy atom. The lowest BCUT2D eigenvalue weighted by Gasteiger charge is -2.40. The van der Waals surface area contributed by atoms with Gasteiger partial charge in [-0.15, -0.1) is 0 Å². The molecule has 4 rings (SSSR count). The summed E-state index contributed by atoms with van der Waals surface area (Å²) in [5.74, 6) is -1.74. The van der Waals surface area contributed by atoms with Gasteiger partial charge < -0.3 is 4.74 Å². The van der Waals surface area contributed by atoms with Crippen LogP contribution < -0.4 is 0 Å². The first-order valence-electron chi connectivity index (χ1n) is 18.4. The van der Waals surface area contributed by atoms with Crippen LogP contribution >= 0.6 is 0 Å². The van der Waals surface area contributed by atoms with Crippen LogP contribution in [-0.2, 0) is 4.74 Å². The average molecular weight is 631 g/mol. The van der Waals surface area contributed by atoms with Gasteiger partial charge in [-0.3, -0.25) is 0 Å². The summed E-state index contributed by atoms with van der Waals surface area (Å²) in [7, 11) is 0. The molecular formula is C40H58F4O. The van der Waals surface area contributed by atoms with E-state index in [0.717, 1.165) is 51.4 Å². The van der Waals surface area contributed by atoms with Crippen molar-refractivity contribution in [3.63, 3.8) is 0 Å². The van der Waals surface area contributed by atoms with Crippen molar-refractivity contribution in [3.8, 4) is 0 Å². The first-order valence-corrected chi connectivity index (χ1v) is 18.4. The molecule has 45 heavy (non-hydrogen) atoms. The highest BCUT2D eigenvalue weighted by atomic mass is 19.2. The van der Waals surface area contributed by atoms with Crippen molar-refractivity contribution in [1.82, 2.24) is 0 Å². The van der Waals surface area contributed by atoms with E-state index in [0.29, 0.717) is 23.0 Å². The van der Waals surface area contributed by atoms with Crippen LogP contribution in [0.15, 0.2) is 36.4 Å². The van der Waals surface area contributed by atoms with Gasteiger partial charge in [-0.1, -0.05) is 129 Å². The second kappa shape index (κ2) is 19.1. The van der Waals surface area contributed by atoms with Gasteiger partial charge in [0.1, 0.15) is 0 Å². The van der Waals surface area contributed by atoms with Gasteiger partial charge in [-0.25, -0.2) is 17.6 Å². The van der Waals surface area contributed by atoms with Gasteiger partial charge in [0.25, 0.3) is 0 Å². The predicted molar refractivity (Wildman–Crippen MR) is 177 cm³/mol. The van der Waals surface area contributed by atoms with E-state index in [1.165, 1.54) is 101 Å². The minimum Gasteiger partial charge on any atom is -0.365 e. The van der Waals surface area contributed by atoms with Gasteiger partial charge in [0.2, 0.25) is 0 Å². The Bertz CT molecular complexity index is 1030. The van der Waals surface area contributed by atoms with Crippen LogP contribution in [0.5, 0.6) is 0 Å². The fourth-order valence-electron chi connectivity index (χ4n) is 8.09. The number of halogens is 4. The summed E-state index contributed by atoms with van der Waals surface area (Å²) in [4.78, 5) is 0. The molecule has 0 bridgehead atoms. The maximum atomic E-state index is 14.6. The number of benzene rings is 2. The molecule has 0 aliphatic heterocycles. The molecular weight excluding hydrogens is 572 g/mol. The SMILES string of the molecule is CCCCCCC[C@H]1CC[C@H](C(OC(c2ccc(F)c(F)c2)[C@H]2CC[C@H](CCCCCCC)CC2)c2ccc(F)c(F)c2)CC1. The Labute approximate surface area is 270 Å². The highest BCUT2D eigenvalue weighted by Gasteiger charge is 2.36. The average Bonchev–Trinajstić information content (AvgIpc) is 3.05. The summed E-state index contributed by atoms with van der Waals surface area (Å²) in [6.45, 7) is 4.48. The summed E-state index contributed by atoms with van der Waals surface area (Å²) >= 11 is 0. The fraction of sp³-hybridized carbons (Fsp3) is 0.700. The third-order valence-corrected chi connectivity index (χ3v) is 10.9. The Morgan fingerprint density at radius 1 is 0.511 bits per heavy atom. The zero-order chi connectivity index (χ0) is 32.0. The van der Waals surface area contributed by atoms with Crippen LogP contribution in [0.3, 0.4) is 0 Å². The molecule has 0 radical (unpaired) electrons. The lowest BCUT2D eigenvalue weighted by atomic mass is 9.74. The monoisotopic (exact) mass is 630 g/mol. The standard InChI is InChI=1S/C40H58F4O/c1-3-5-7-9-11-13-29-15-19-31(20-16-29)39(33-23-25-35(41)37(43)27-33)45-40(34-24-26-36(42)38(44)28-34)32-21-17-30(18-22-32)14-12-10-8-6-4-2/h23-32,39-40H,3-22H2,1-2H3/t29-,30-,31-,32-,39?,40?. The largest absolute Gasteiger partial charge is 0.365 e. The number of ether oxygens (including phenoxy) is 1. The van der Waals surface area contributed by atoms with Crippen LogP contribution in [0, 0.1) is 46.9 Å². The minimum absolute atomic E-state index is 0.165. The quantitative estimate of drug-likeness (QED) is 0.118. The molecule has 0 aromatic heterocycles. The Kier molecular flexibility index (Phi) is 15.2. The van der Waals surface area contributed by atoms with E-state index in [-0.39, 0.29) is 11.8 Å². The first kappa shape index (κ1) is 36.0. The molecule has 0 amide bonds. The molecule has 2 aromatic carbocycles. The minimum atomic E-state index is -0.870. The number of hydrogen-bond acceptors (Lipinski definition) is 1. The van der Waals surface area contributed by atoms with E-state index in [1.54, 1.807) is 12.1 Å². The van der Waals surface area contributed by atoms with E-state index >= 15 is 0 Å². The van der Waals surface area contributed by atoms with E-state index in [4.69, 9.17) is 4.74 Å². The van der Waals surface area contributed by atoms with Crippen molar-refractivity contribution in [3.05, 3.63) is 70.8 Å². The summed E-state index contributed by atoms with van der Waals surface area (Å²) in [5, 5.41) is 0. The number of hydrogen-bond donors (Lipinski definition) is 0. The Morgan fingerprint density at radius 2 is 0.889 bits per heavy atom. The summed E-state index contributed by atoms with van der Waals surface area (Å²) in [6, 6.07) is 8.28. The van der Waals surface area contributed by atoms with E-state index in [2.05, 4.69) is 13.8 Å². The van der Waals surface area contributed by atoms with Crippen molar-refractivity contribution < 1.29 is 22.3 Å². The van der Waals surface area contributed by atoms with Crippen LogP contribution in [0.25, 0.3) is 0 Å². The highest BCUT2D eigenvalue weighted by Crippen LogP contribution is 2.47. The molecule has 5 heteroatoms. The highest BCUT2D eigenvalue weighted by molar-refractivity contribution is 5.24. The van der Waals surface area contributed by atoms with Crippen LogP contribution in [0.1, 0.15) is 166 Å². The fourth-order valence-corrected chi connectivity index (χ4v) is 8.09. The van der Waals surface area contributed by atoms with Gasteiger partial charge >= 0.3 is 0 Å². The van der Waals surface area contributed by atoms with E-state index < -0.39 is 35.5 Å². The molecule has 2 saturated carbocycles. The van der Waals surface area contributed by atoms with Gasteiger partial charge in [0.05, 0.1) is 12.2 Å². The molecule has 0 N–H and O–H groups in total. The Balaban J connectivity index is 1.49. The zero-order valence-electron chi connectivity index (χ0n) is 28.0. The molecule has 0 spiro atoms. The van der Waals surface area contributed by atoms with E-state index in [9.17, 15) is 17.6 Å². The number of unbranched alkanes of at least 4 members (excludes halogenated alkanes) is 8. The van der Waals surface area contributed by atoms with Gasteiger partial charge in [-0.2, -0.15) is 0 Å². The predicted octanol–water partition coefficient (Wildman–Crippen LogP) is 13.4. The molecule has 2 atom stereocenters. The van der Waals surface area contributed by atoms with Crippen molar-refractivity contribution in [2.24, 2.45) is 23.7 Å². The first-order chi connectivity index (χ1) is 21.9. The summed E-state index contributed by atoms with van der Waals surface area (Å²) in [5.41, 5.74) is 1.29. The molecule has 252 valence electrons. The van der Waals surface area contributed by atoms with Gasteiger partial charge in [0, 0.05) is 0 Å². The normalized spacial score (nSPS) is 23.6. The lowest BCUT2D eigenvalue weighted by molar-refractivity contribution is -0.0910. The van der Waals surface area contributed by atoms with Gasteiger partial charge in [0.15, 0.2) is 23.3 Å². The topological polar surface area (TPSA) is 9.23 Å². The molecule has 2 aliphatic carbocycles. The second-order valence-electron chi connectivity index (χ2n) is 14.3. The van der Waals surface area contributed by atoms with Gasteiger partial charge in [-0.05, 0) is 84.7 Å². The van der Waals surface area contributed by atoms with Crippen molar-refractivity contribution in [2.75, 3.05) is 0 Å². The maximum Gasteiger partial charge on any atom is 0.159 e. The molecule has 2 aromatic rings. The van der Waals surface area contributed by atoms with Crippen LogP contribution in [-0.4, -0.2) is 0 Å². The third kappa shape index (κ3) is 11.1. The molecule has 2 fully saturated rings. The lowest BCUT2D eigenvalue weighted by Crippen LogP contribution is -2.28. The molecule has 2 unspecified atom stereocenters. The summed E-state index contributed by atoms with van der Waals surface area (Å²) in [6.07, 6.45) is 22.9.